The van der Waals surface area contributed by atoms with Crippen molar-refractivity contribution in [3.63, 3.8) is 0 Å². The molecule has 1 aliphatic rings. The van der Waals surface area contributed by atoms with E-state index in [1.807, 2.05) is 0 Å². The SMILES string of the molecule is CC(=O)c1cccc(S(=O)(=O)N2CCc3cccc(F)c32)c1. The molecule has 6 heteroatoms. The van der Waals surface area contributed by atoms with E-state index in [2.05, 4.69) is 0 Å². The second-order valence-electron chi connectivity index (χ2n) is 5.16. The number of hydrogen-bond donors (Lipinski definition) is 0. The van der Waals surface area contributed by atoms with Gasteiger partial charge in [-0.05, 0) is 37.1 Å². The maximum atomic E-state index is 14.0. The molecule has 0 saturated heterocycles. The van der Waals surface area contributed by atoms with Gasteiger partial charge in [-0.15, -0.1) is 0 Å². The van der Waals surface area contributed by atoms with Gasteiger partial charge in [0.2, 0.25) is 0 Å². The quantitative estimate of drug-likeness (QED) is 0.818. The third-order valence-electron chi connectivity index (χ3n) is 3.73. The number of anilines is 1. The number of sulfonamides is 1. The Morgan fingerprint density at radius 2 is 1.91 bits per heavy atom. The van der Waals surface area contributed by atoms with Crippen molar-refractivity contribution in [1.29, 1.82) is 0 Å². The van der Waals surface area contributed by atoms with Crippen LogP contribution in [-0.2, 0) is 16.4 Å². The number of carbonyl (C=O) groups is 1. The molecule has 0 unspecified atom stereocenters. The molecule has 114 valence electrons. The summed E-state index contributed by atoms with van der Waals surface area (Å²) in [5, 5.41) is 0. The Balaban J connectivity index is 2.10. The topological polar surface area (TPSA) is 54.5 Å². The summed E-state index contributed by atoms with van der Waals surface area (Å²) in [6, 6.07) is 10.4. The van der Waals surface area contributed by atoms with E-state index < -0.39 is 15.8 Å². The largest absolute Gasteiger partial charge is 0.295 e. The van der Waals surface area contributed by atoms with Crippen molar-refractivity contribution in [2.45, 2.75) is 18.2 Å². The van der Waals surface area contributed by atoms with Gasteiger partial charge in [0.1, 0.15) is 5.82 Å². The second-order valence-corrected chi connectivity index (χ2v) is 7.02. The lowest BCUT2D eigenvalue weighted by molar-refractivity contribution is 0.101. The van der Waals surface area contributed by atoms with Gasteiger partial charge < -0.3 is 0 Å². The highest BCUT2D eigenvalue weighted by atomic mass is 32.2. The fraction of sp³-hybridized carbons (Fsp3) is 0.188. The van der Waals surface area contributed by atoms with Gasteiger partial charge >= 0.3 is 0 Å². The van der Waals surface area contributed by atoms with Gasteiger partial charge in [0.05, 0.1) is 10.6 Å². The number of halogens is 1. The summed E-state index contributed by atoms with van der Waals surface area (Å²) in [6.07, 6.45) is 0.471. The Morgan fingerprint density at radius 3 is 2.64 bits per heavy atom. The molecule has 0 bridgehead atoms. The van der Waals surface area contributed by atoms with E-state index in [9.17, 15) is 17.6 Å². The lowest BCUT2D eigenvalue weighted by atomic mass is 10.2. The first-order valence-corrected chi connectivity index (χ1v) is 8.26. The molecule has 0 fully saturated rings. The van der Waals surface area contributed by atoms with E-state index in [0.29, 0.717) is 17.5 Å². The Morgan fingerprint density at radius 1 is 1.18 bits per heavy atom. The summed E-state index contributed by atoms with van der Waals surface area (Å²) in [5.41, 5.74) is 1.09. The number of benzene rings is 2. The molecule has 0 radical (unpaired) electrons. The molecule has 1 aliphatic heterocycles. The van der Waals surface area contributed by atoms with Crippen LogP contribution >= 0.6 is 0 Å². The van der Waals surface area contributed by atoms with Crippen molar-refractivity contribution in [1.82, 2.24) is 0 Å². The van der Waals surface area contributed by atoms with E-state index in [1.54, 1.807) is 18.2 Å². The van der Waals surface area contributed by atoms with Crippen molar-refractivity contribution >= 4 is 21.5 Å². The summed E-state index contributed by atoms with van der Waals surface area (Å²) in [6.45, 7) is 1.57. The normalized spacial score (nSPS) is 14.0. The highest BCUT2D eigenvalue weighted by molar-refractivity contribution is 7.92. The average molecular weight is 319 g/mol. The number of hydrogen-bond acceptors (Lipinski definition) is 3. The third-order valence-corrected chi connectivity index (χ3v) is 5.53. The molecule has 4 nitrogen and oxygen atoms in total. The van der Waals surface area contributed by atoms with Crippen molar-refractivity contribution in [2.24, 2.45) is 0 Å². The van der Waals surface area contributed by atoms with E-state index in [1.165, 1.54) is 31.2 Å². The minimum Gasteiger partial charge on any atom is -0.295 e. The van der Waals surface area contributed by atoms with Crippen LogP contribution in [0.15, 0.2) is 47.4 Å². The van der Waals surface area contributed by atoms with Crippen molar-refractivity contribution < 1.29 is 17.6 Å². The Kier molecular flexibility index (Phi) is 3.48. The van der Waals surface area contributed by atoms with Gasteiger partial charge in [0.15, 0.2) is 5.78 Å². The minimum atomic E-state index is -3.89. The molecular weight excluding hydrogens is 305 g/mol. The van der Waals surface area contributed by atoms with E-state index >= 15 is 0 Å². The molecule has 2 aromatic carbocycles. The molecule has 0 atom stereocenters. The van der Waals surface area contributed by atoms with Crippen LogP contribution in [0.4, 0.5) is 10.1 Å². The van der Waals surface area contributed by atoms with Gasteiger partial charge in [-0.25, -0.2) is 12.8 Å². The second kappa shape index (κ2) is 5.21. The van der Waals surface area contributed by atoms with E-state index in [4.69, 9.17) is 0 Å². The Bertz CT molecular complexity index is 861. The maximum Gasteiger partial charge on any atom is 0.264 e. The maximum absolute atomic E-state index is 14.0. The molecule has 0 amide bonds. The van der Waals surface area contributed by atoms with Gasteiger partial charge in [-0.2, -0.15) is 0 Å². The molecule has 0 saturated carbocycles. The smallest absolute Gasteiger partial charge is 0.264 e. The van der Waals surface area contributed by atoms with Crippen molar-refractivity contribution in [3.05, 3.63) is 59.4 Å². The predicted octanol–water partition coefficient (Wildman–Crippen LogP) is 2.78. The highest BCUT2D eigenvalue weighted by Crippen LogP contribution is 2.35. The lowest BCUT2D eigenvalue weighted by Gasteiger charge is -2.20. The number of rotatable bonds is 3. The zero-order valence-electron chi connectivity index (χ0n) is 11.9. The van der Waals surface area contributed by atoms with Crippen LogP contribution in [0.1, 0.15) is 22.8 Å². The number of carbonyl (C=O) groups excluding carboxylic acids is 1. The van der Waals surface area contributed by atoms with Gasteiger partial charge in [-0.1, -0.05) is 24.3 Å². The van der Waals surface area contributed by atoms with Crippen LogP contribution in [0.25, 0.3) is 0 Å². The zero-order valence-corrected chi connectivity index (χ0v) is 12.7. The number of ketones is 1. The van der Waals surface area contributed by atoms with E-state index in [0.717, 1.165) is 4.31 Å². The molecule has 1 heterocycles. The molecule has 0 aromatic heterocycles. The van der Waals surface area contributed by atoms with Crippen molar-refractivity contribution in [2.75, 3.05) is 10.8 Å². The van der Waals surface area contributed by atoms with Gasteiger partial charge in [0, 0.05) is 12.1 Å². The standard InChI is InChI=1S/C16H14FNO3S/c1-11(19)13-5-2-6-14(10-13)22(20,21)18-9-8-12-4-3-7-15(17)16(12)18/h2-7,10H,8-9H2,1H3. The van der Waals surface area contributed by atoms with Crippen LogP contribution in [-0.4, -0.2) is 20.7 Å². The minimum absolute atomic E-state index is 0.00342. The van der Waals surface area contributed by atoms with Gasteiger partial charge in [-0.3, -0.25) is 9.10 Å². The average Bonchev–Trinajstić information content (AvgIpc) is 2.93. The first-order valence-electron chi connectivity index (χ1n) is 6.82. The van der Waals surface area contributed by atoms with Crippen molar-refractivity contribution in [3.8, 4) is 0 Å². The molecule has 0 spiro atoms. The number of fused-ring (bicyclic) bond motifs is 1. The zero-order chi connectivity index (χ0) is 15.9. The monoisotopic (exact) mass is 319 g/mol. The number of para-hydroxylation sites is 1. The summed E-state index contributed by atoms with van der Waals surface area (Å²) < 4.78 is 40.7. The van der Waals surface area contributed by atoms with Crippen LogP contribution in [0.3, 0.4) is 0 Å². The fourth-order valence-electron chi connectivity index (χ4n) is 2.62. The first kappa shape index (κ1) is 14.7. The summed E-state index contributed by atoms with van der Waals surface area (Å²) in [7, 11) is -3.89. The van der Waals surface area contributed by atoms with E-state index in [-0.39, 0.29) is 22.9 Å². The van der Waals surface area contributed by atoms with Crippen LogP contribution in [0.5, 0.6) is 0 Å². The Labute approximate surface area is 128 Å². The summed E-state index contributed by atoms with van der Waals surface area (Å²) in [5.74, 6) is -0.772. The number of nitrogens with zero attached hydrogens (tertiary/aromatic N) is 1. The molecule has 0 N–H and O–H groups in total. The van der Waals surface area contributed by atoms with Crippen LogP contribution < -0.4 is 4.31 Å². The molecule has 0 aliphatic carbocycles. The first-order chi connectivity index (χ1) is 10.4. The molecule has 3 rings (SSSR count). The molecule has 2 aromatic rings. The lowest BCUT2D eigenvalue weighted by Crippen LogP contribution is -2.29. The molecular formula is C16H14FNO3S. The predicted molar refractivity (Wildman–Crippen MR) is 81.1 cm³/mol. The van der Waals surface area contributed by atoms with Crippen LogP contribution in [0.2, 0.25) is 0 Å². The summed E-state index contributed by atoms with van der Waals surface area (Å²) in [4.78, 5) is 11.4. The summed E-state index contributed by atoms with van der Waals surface area (Å²) >= 11 is 0. The number of Topliss-reactive ketones (excluding diaryl/α,β-unsaturated/α-hetero) is 1. The highest BCUT2D eigenvalue weighted by Gasteiger charge is 2.33. The Hall–Kier alpha value is -2.21. The van der Waals surface area contributed by atoms with Gasteiger partial charge in [0.25, 0.3) is 10.0 Å². The third kappa shape index (κ3) is 2.29. The fourth-order valence-corrected chi connectivity index (χ4v) is 4.18. The molecule has 22 heavy (non-hydrogen) atoms. The van der Waals surface area contributed by atoms with Crippen LogP contribution in [0, 0.1) is 5.82 Å².